The van der Waals surface area contributed by atoms with Crippen molar-refractivity contribution < 1.29 is 18.7 Å². The number of fused-ring (bicyclic) bond motifs is 1. The average Bonchev–Trinajstić information content (AvgIpc) is 2.97. The van der Waals surface area contributed by atoms with E-state index in [-0.39, 0.29) is 12.5 Å². The molecule has 0 atom stereocenters. The highest BCUT2D eigenvalue weighted by atomic mass is 16.5. The monoisotopic (exact) mass is 382 g/mol. The van der Waals surface area contributed by atoms with Gasteiger partial charge in [0, 0.05) is 5.69 Å². The van der Waals surface area contributed by atoms with Crippen molar-refractivity contribution in [2.24, 2.45) is 0 Å². The number of carbonyl (C=O) groups is 2. The maximum atomic E-state index is 12.3. The van der Waals surface area contributed by atoms with Crippen LogP contribution < -0.4 is 11.1 Å². The number of anilines is 1. The van der Waals surface area contributed by atoms with E-state index < -0.39 is 24.2 Å². The van der Waals surface area contributed by atoms with Gasteiger partial charge in [-0.15, -0.1) is 0 Å². The molecule has 0 aliphatic rings. The topological polar surface area (TPSA) is 90.5 Å². The highest BCUT2D eigenvalue weighted by Crippen LogP contribution is 2.27. The number of benzene rings is 2. The number of amides is 1. The molecule has 0 saturated heterocycles. The summed E-state index contributed by atoms with van der Waals surface area (Å²) in [7, 11) is 0. The number of oxazole rings is 1. The van der Waals surface area contributed by atoms with Gasteiger partial charge in [-0.25, -0.2) is 4.79 Å². The number of ether oxygens (including phenoxy) is 1. The minimum Gasteiger partial charge on any atom is -0.454 e. The highest BCUT2D eigenvalue weighted by molar-refractivity contribution is 5.94. The Morgan fingerprint density at radius 1 is 1.14 bits per heavy atom. The van der Waals surface area contributed by atoms with Gasteiger partial charge < -0.3 is 14.5 Å². The van der Waals surface area contributed by atoms with Gasteiger partial charge >= 0.3 is 11.7 Å². The van der Waals surface area contributed by atoms with Crippen LogP contribution in [0.15, 0.2) is 51.7 Å². The van der Waals surface area contributed by atoms with Crippen LogP contribution in [0.5, 0.6) is 0 Å². The van der Waals surface area contributed by atoms with E-state index >= 15 is 0 Å². The zero-order valence-electron chi connectivity index (χ0n) is 16.0. The summed E-state index contributed by atoms with van der Waals surface area (Å²) in [5.74, 6) is -1.55. The van der Waals surface area contributed by atoms with Crippen LogP contribution in [0.25, 0.3) is 11.1 Å². The third kappa shape index (κ3) is 4.14. The molecule has 146 valence electrons. The van der Waals surface area contributed by atoms with E-state index in [9.17, 15) is 14.4 Å². The van der Waals surface area contributed by atoms with E-state index in [1.165, 1.54) is 4.57 Å². The number of esters is 1. The largest absolute Gasteiger partial charge is 0.454 e. The van der Waals surface area contributed by atoms with Crippen LogP contribution in [0.3, 0.4) is 0 Å². The predicted molar refractivity (Wildman–Crippen MR) is 105 cm³/mol. The van der Waals surface area contributed by atoms with Crippen LogP contribution in [-0.2, 0) is 20.9 Å². The van der Waals surface area contributed by atoms with Crippen molar-refractivity contribution in [1.29, 1.82) is 0 Å². The smallest absolute Gasteiger partial charge is 0.420 e. The summed E-state index contributed by atoms with van der Waals surface area (Å²) < 4.78 is 11.3. The molecule has 28 heavy (non-hydrogen) atoms. The maximum Gasteiger partial charge on any atom is 0.420 e. The summed E-state index contributed by atoms with van der Waals surface area (Å²) in [4.78, 5) is 36.3. The van der Waals surface area contributed by atoms with Gasteiger partial charge in [0.05, 0.1) is 5.52 Å². The third-order valence-corrected chi connectivity index (χ3v) is 4.42. The fourth-order valence-electron chi connectivity index (χ4n) is 3.00. The molecule has 0 bridgehead atoms. The summed E-state index contributed by atoms with van der Waals surface area (Å²) in [6.45, 7) is 5.22. The van der Waals surface area contributed by atoms with E-state index in [4.69, 9.17) is 9.15 Å². The lowest BCUT2D eigenvalue weighted by Gasteiger charge is -2.16. The quantitative estimate of drug-likeness (QED) is 0.661. The fraction of sp³-hybridized carbons (Fsp3) is 0.286. The fourth-order valence-corrected chi connectivity index (χ4v) is 3.00. The Bertz CT molecular complexity index is 1080. The van der Waals surface area contributed by atoms with Gasteiger partial charge in [0.25, 0.3) is 5.91 Å². The van der Waals surface area contributed by atoms with E-state index in [0.717, 1.165) is 16.8 Å². The van der Waals surface area contributed by atoms with Crippen LogP contribution in [-0.4, -0.2) is 23.1 Å². The van der Waals surface area contributed by atoms with E-state index in [1.54, 1.807) is 24.3 Å². The van der Waals surface area contributed by atoms with E-state index in [1.807, 2.05) is 39.0 Å². The Morgan fingerprint density at radius 3 is 2.64 bits per heavy atom. The van der Waals surface area contributed by atoms with Crippen molar-refractivity contribution in [3.05, 3.63) is 64.1 Å². The van der Waals surface area contributed by atoms with Gasteiger partial charge in [0.2, 0.25) is 0 Å². The Hall–Kier alpha value is -3.35. The van der Waals surface area contributed by atoms with Gasteiger partial charge in [-0.3, -0.25) is 14.2 Å². The summed E-state index contributed by atoms with van der Waals surface area (Å²) in [5.41, 5.74) is 3.56. The SMILES string of the molecule is Cc1cccc(C(C)C)c1NC(=O)COC(=O)Cn1c(=O)oc2ccccc21. The van der Waals surface area contributed by atoms with Gasteiger partial charge in [-0.2, -0.15) is 0 Å². The van der Waals surface area contributed by atoms with Crippen LogP contribution in [0.2, 0.25) is 0 Å². The molecule has 0 radical (unpaired) electrons. The van der Waals surface area contributed by atoms with E-state index in [2.05, 4.69) is 5.32 Å². The number of para-hydroxylation sites is 3. The molecule has 7 heteroatoms. The molecule has 1 heterocycles. The van der Waals surface area contributed by atoms with Gasteiger partial charge in [-0.1, -0.05) is 44.2 Å². The van der Waals surface area contributed by atoms with Crippen LogP contribution in [0.1, 0.15) is 30.9 Å². The van der Waals surface area contributed by atoms with Gasteiger partial charge in [0.15, 0.2) is 12.2 Å². The maximum absolute atomic E-state index is 12.3. The summed E-state index contributed by atoms with van der Waals surface area (Å²) in [5, 5.41) is 2.81. The van der Waals surface area contributed by atoms with Crippen molar-refractivity contribution in [1.82, 2.24) is 4.57 Å². The molecule has 0 aliphatic heterocycles. The molecule has 3 aromatic rings. The molecule has 2 aromatic carbocycles. The molecule has 1 amide bonds. The second-order valence-corrected chi connectivity index (χ2v) is 6.82. The van der Waals surface area contributed by atoms with Crippen molar-refractivity contribution >= 4 is 28.7 Å². The molecule has 1 N–H and O–H groups in total. The predicted octanol–water partition coefficient (Wildman–Crippen LogP) is 3.21. The lowest BCUT2D eigenvalue weighted by atomic mass is 9.98. The second-order valence-electron chi connectivity index (χ2n) is 6.82. The summed E-state index contributed by atoms with van der Waals surface area (Å²) in [6, 6.07) is 12.6. The van der Waals surface area contributed by atoms with Crippen molar-refractivity contribution in [3.63, 3.8) is 0 Å². The Labute approximate surface area is 161 Å². The van der Waals surface area contributed by atoms with E-state index in [0.29, 0.717) is 11.1 Å². The zero-order valence-corrected chi connectivity index (χ0v) is 16.0. The van der Waals surface area contributed by atoms with Crippen molar-refractivity contribution in [2.45, 2.75) is 33.2 Å². The Balaban J connectivity index is 1.63. The standard InChI is InChI=1S/C21H22N2O5/c1-13(2)15-8-6-7-14(3)20(15)22-18(24)12-27-19(25)11-23-16-9-4-5-10-17(16)28-21(23)26/h4-10,13H,11-12H2,1-3H3,(H,22,24). The Morgan fingerprint density at radius 2 is 1.89 bits per heavy atom. The number of aromatic nitrogens is 1. The lowest BCUT2D eigenvalue weighted by Crippen LogP contribution is -2.26. The van der Waals surface area contributed by atoms with Crippen LogP contribution >= 0.6 is 0 Å². The van der Waals surface area contributed by atoms with Crippen LogP contribution in [0.4, 0.5) is 5.69 Å². The molecule has 0 fully saturated rings. The van der Waals surface area contributed by atoms with Crippen molar-refractivity contribution in [3.8, 4) is 0 Å². The first-order valence-electron chi connectivity index (χ1n) is 9.00. The molecular formula is C21H22N2O5. The summed E-state index contributed by atoms with van der Waals surface area (Å²) in [6.07, 6.45) is 0. The second kappa shape index (κ2) is 8.12. The summed E-state index contributed by atoms with van der Waals surface area (Å²) >= 11 is 0. The lowest BCUT2D eigenvalue weighted by molar-refractivity contribution is -0.147. The first-order chi connectivity index (χ1) is 13.4. The van der Waals surface area contributed by atoms with Crippen LogP contribution in [0, 0.1) is 6.92 Å². The molecule has 1 aromatic heterocycles. The molecule has 3 rings (SSSR count). The zero-order chi connectivity index (χ0) is 20.3. The molecule has 0 unspecified atom stereocenters. The van der Waals surface area contributed by atoms with Gasteiger partial charge in [0.1, 0.15) is 6.54 Å². The number of carbonyl (C=O) groups excluding carboxylic acids is 2. The number of rotatable bonds is 6. The number of hydrogen-bond acceptors (Lipinski definition) is 5. The molecule has 0 saturated carbocycles. The number of aryl methyl sites for hydroxylation is 1. The third-order valence-electron chi connectivity index (χ3n) is 4.42. The number of nitrogens with one attached hydrogen (secondary N) is 1. The average molecular weight is 382 g/mol. The Kier molecular flexibility index (Phi) is 5.63. The highest BCUT2D eigenvalue weighted by Gasteiger charge is 2.16. The minimum absolute atomic E-state index is 0.235. The molecule has 0 spiro atoms. The number of hydrogen-bond donors (Lipinski definition) is 1. The molecule has 7 nitrogen and oxygen atoms in total. The van der Waals surface area contributed by atoms with Gasteiger partial charge in [-0.05, 0) is 36.1 Å². The minimum atomic E-state index is -0.697. The first kappa shape index (κ1) is 19.4. The number of nitrogens with zero attached hydrogens (tertiary/aromatic N) is 1. The first-order valence-corrected chi connectivity index (χ1v) is 9.00. The molecule has 0 aliphatic carbocycles. The molecular weight excluding hydrogens is 360 g/mol. The van der Waals surface area contributed by atoms with Crippen molar-refractivity contribution in [2.75, 3.05) is 11.9 Å². The normalized spacial score (nSPS) is 11.0.